The normalized spacial score (nSPS) is 10.9. The molecule has 0 aliphatic heterocycles. The molecule has 138 valence electrons. The molecule has 26 heavy (non-hydrogen) atoms. The Hall–Kier alpha value is -3.02. The van der Waals surface area contributed by atoms with Gasteiger partial charge in [0, 0.05) is 0 Å². The average Bonchev–Trinajstić information content (AvgIpc) is 2.63. The predicted molar refractivity (Wildman–Crippen MR) is 101 cm³/mol. The maximum absolute atomic E-state index is 11.9. The Morgan fingerprint density at radius 2 is 1.96 bits per heavy atom. The highest BCUT2D eigenvalue weighted by Crippen LogP contribution is 2.26. The molecular weight excluding hydrogens is 332 g/mol. The topological polar surface area (TPSA) is 80.2 Å². The second-order valence-corrected chi connectivity index (χ2v) is 5.93. The number of hydrazone groups is 1. The van der Waals surface area contributed by atoms with E-state index in [2.05, 4.69) is 24.4 Å². The first kappa shape index (κ1) is 19.3. The van der Waals surface area contributed by atoms with Crippen LogP contribution in [0.3, 0.4) is 0 Å². The Bertz CT molecular complexity index is 772. The van der Waals surface area contributed by atoms with Crippen LogP contribution in [0, 0.1) is 0 Å². The lowest BCUT2D eigenvalue weighted by molar-refractivity contribution is -0.123. The average molecular weight is 356 g/mol. The fourth-order valence-electron chi connectivity index (χ4n) is 2.33. The molecule has 2 aromatic rings. The smallest absolute Gasteiger partial charge is 0.277 e. The molecule has 2 rings (SSSR count). The van der Waals surface area contributed by atoms with Crippen LogP contribution in [-0.2, 0) is 4.79 Å². The number of rotatable bonds is 8. The first-order valence-electron chi connectivity index (χ1n) is 8.50. The zero-order chi connectivity index (χ0) is 18.9. The number of hydrogen-bond donors (Lipinski definition) is 2. The number of para-hydroxylation sites is 1. The zero-order valence-corrected chi connectivity index (χ0v) is 15.2. The van der Waals surface area contributed by atoms with Crippen LogP contribution in [0.2, 0.25) is 0 Å². The van der Waals surface area contributed by atoms with Crippen molar-refractivity contribution < 1.29 is 19.4 Å². The van der Waals surface area contributed by atoms with Gasteiger partial charge in [-0.15, -0.1) is 0 Å². The van der Waals surface area contributed by atoms with Gasteiger partial charge in [0.2, 0.25) is 0 Å². The van der Waals surface area contributed by atoms with E-state index in [9.17, 15) is 9.90 Å². The molecule has 2 N–H and O–H groups in total. The van der Waals surface area contributed by atoms with Crippen molar-refractivity contribution in [3.05, 3.63) is 53.6 Å². The lowest BCUT2D eigenvalue weighted by Crippen LogP contribution is -2.24. The summed E-state index contributed by atoms with van der Waals surface area (Å²) in [6.45, 7) is 6.29. The quantitative estimate of drug-likeness (QED) is 0.561. The maximum Gasteiger partial charge on any atom is 0.277 e. The van der Waals surface area contributed by atoms with Crippen molar-refractivity contribution in [2.45, 2.75) is 26.7 Å². The summed E-state index contributed by atoms with van der Waals surface area (Å²) >= 11 is 0. The number of phenolic OH excluding ortho intramolecular Hbond substituents is 1. The monoisotopic (exact) mass is 356 g/mol. The van der Waals surface area contributed by atoms with Gasteiger partial charge in [-0.3, -0.25) is 4.79 Å². The largest absolute Gasteiger partial charge is 0.504 e. The number of nitrogens with one attached hydrogen (secondary N) is 1. The van der Waals surface area contributed by atoms with Crippen molar-refractivity contribution in [1.82, 2.24) is 5.43 Å². The fourth-order valence-corrected chi connectivity index (χ4v) is 2.33. The first-order valence-corrected chi connectivity index (χ1v) is 8.50. The van der Waals surface area contributed by atoms with E-state index < -0.39 is 0 Å². The Balaban J connectivity index is 1.89. The Morgan fingerprint density at radius 1 is 1.19 bits per heavy atom. The number of aromatic hydroxyl groups is 1. The van der Waals surface area contributed by atoms with Gasteiger partial charge in [-0.05, 0) is 48.2 Å². The van der Waals surface area contributed by atoms with Gasteiger partial charge in [-0.2, -0.15) is 5.10 Å². The van der Waals surface area contributed by atoms with Crippen LogP contribution in [-0.4, -0.2) is 30.4 Å². The molecule has 0 saturated heterocycles. The minimum absolute atomic E-state index is 0.0604. The van der Waals surface area contributed by atoms with Gasteiger partial charge in [0.1, 0.15) is 5.75 Å². The van der Waals surface area contributed by atoms with E-state index in [-0.39, 0.29) is 18.3 Å². The summed E-state index contributed by atoms with van der Waals surface area (Å²) in [4.78, 5) is 11.9. The van der Waals surface area contributed by atoms with E-state index >= 15 is 0 Å². The van der Waals surface area contributed by atoms with Gasteiger partial charge in [0.05, 0.1) is 12.8 Å². The molecule has 0 bridgehead atoms. The fraction of sp³-hybridized carbons (Fsp3) is 0.300. The number of phenols is 1. The molecule has 1 amide bonds. The van der Waals surface area contributed by atoms with Crippen LogP contribution in [0.5, 0.6) is 17.2 Å². The molecule has 0 heterocycles. The van der Waals surface area contributed by atoms with Gasteiger partial charge in [-0.1, -0.05) is 32.0 Å². The minimum atomic E-state index is -0.358. The van der Waals surface area contributed by atoms with Gasteiger partial charge in [0.15, 0.2) is 18.1 Å². The van der Waals surface area contributed by atoms with E-state index in [0.717, 1.165) is 5.56 Å². The second-order valence-electron chi connectivity index (χ2n) is 5.93. The summed E-state index contributed by atoms with van der Waals surface area (Å²) in [5, 5.41) is 13.6. The molecule has 0 aromatic heterocycles. The lowest BCUT2D eigenvalue weighted by Gasteiger charge is -2.13. The van der Waals surface area contributed by atoms with E-state index in [1.807, 2.05) is 31.2 Å². The summed E-state index contributed by atoms with van der Waals surface area (Å²) in [6, 6.07) is 12.5. The van der Waals surface area contributed by atoms with Gasteiger partial charge >= 0.3 is 0 Å². The molecule has 6 heteroatoms. The first-order chi connectivity index (χ1) is 12.5. The van der Waals surface area contributed by atoms with Crippen molar-refractivity contribution in [3.8, 4) is 17.2 Å². The number of carbonyl (C=O) groups is 1. The summed E-state index contributed by atoms with van der Waals surface area (Å²) < 4.78 is 10.9. The molecule has 0 aliphatic rings. The van der Waals surface area contributed by atoms with Crippen LogP contribution in [0.4, 0.5) is 0 Å². The summed E-state index contributed by atoms with van der Waals surface area (Å²) in [5.74, 6) is 1.08. The lowest BCUT2D eigenvalue weighted by atomic mass is 10.0. The van der Waals surface area contributed by atoms with Crippen molar-refractivity contribution >= 4 is 12.1 Å². The molecule has 0 fully saturated rings. The van der Waals surface area contributed by atoms with Gasteiger partial charge in [0.25, 0.3) is 5.91 Å². The number of nitrogens with zero attached hydrogens (tertiary/aromatic N) is 1. The Kier molecular flexibility index (Phi) is 7.02. The number of amides is 1. The van der Waals surface area contributed by atoms with Crippen molar-refractivity contribution in [2.75, 3.05) is 13.2 Å². The highest BCUT2D eigenvalue weighted by Gasteiger charge is 2.08. The number of carbonyl (C=O) groups excluding carboxylic acids is 1. The summed E-state index contributed by atoms with van der Waals surface area (Å²) in [6.07, 6.45) is 1.47. The van der Waals surface area contributed by atoms with Crippen molar-refractivity contribution in [3.63, 3.8) is 0 Å². The zero-order valence-electron chi connectivity index (χ0n) is 15.2. The van der Waals surface area contributed by atoms with E-state index in [1.165, 1.54) is 12.3 Å². The van der Waals surface area contributed by atoms with Crippen molar-refractivity contribution in [1.29, 1.82) is 0 Å². The Morgan fingerprint density at radius 3 is 2.69 bits per heavy atom. The van der Waals surface area contributed by atoms with E-state index in [4.69, 9.17) is 9.47 Å². The third-order valence-electron chi connectivity index (χ3n) is 3.59. The molecule has 2 aromatic carbocycles. The molecule has 0 unspecified atom stereocenters. The number of ether oxygens (including phenoxy) is 2. The molecule has 0 atom stereocenters. The van der Waals surface area contributed by atoms with Crippen LogP contribution in [0.15, 0.2) is 47.6 Å². The maximum atomic E-state index is 11.9. The van der Waals surface area contributed by atoms with Crippen molar-refractivity contribution in [2.24, 2.45) is 5.10 Å². The van der Waals surface area contributed by atoms with Crippen LogP contribution in [0.25, 0.3) is 0 Å². The van der Waals surface area contributed by atoms with Gasteiger partial charge < -0.3 is 14.6 Å². The number of benzene rings is 2. The summed E-state index contributed by atoms with van der Waals surface area (Å²) in [7, 11) is 0. The SMILES string of the molecule is CCOc1cc(C=NNC(=O)COc2ccccc2C(C)C)ccc1O. The standard InChI is InChI=1S/C20H24N2O4/c1-4-25-19-11-15(9-10-17(19)23)12-21-22-20(24)13-26-18-8-6-5-7-16(18)14(2)3/h5-12,14,23H,4,13H2,1-3H3,(H,22,24). The molecular formula is C20H24N2O4. The van der Waals surface area contributed by atoms with Crippen LogP contribution in [0.1, 0.15) is 37.8 Å². The van der Waals surface area contributed by atoms with Crippen LogP contribution < -0.4 is 14.9 Å². The van der Waals surface area contributed by atoms with Gasteiger partial charge in [-0.25, -0.2) is 5.43 Å². The minimum Gasteiger partial charge on any atom is -0.504 e. The molecule has 0 aliphatic carbocycles. The predicted octanol–water partition coefficient (Wildman–Crippen LogP) is 3.44. The molecule has 6 nitrogen and oxygen atoms in total. The highest BCUT2D eigenvalue weighted by molar-refractivity contribution is 5.83. The third-order valence-corrected chi connectivity index (χ3v) is 3.59. The molecule has 0 spiro atoms. The van der Waals surface area contributed by atoms with E-state index in [1.54, 1.807) is 12.1 Å². The number of hydrogen-bond acceptors (Lipinski definition) is 5. The molecule has 0 radical (unpaired) electrons. The highest BCUT2D eigenvalue weighted by atomic mass is 16.5. The van der Waals surface area contributed by atoms with Crippen LogP contribution >= 0.6 is 0 Å². The summed E-state index contributed by atoms with van der Waals surface area (Å²) in [5.41, 5.74) is 4.16. The third kappa shape index (κ3) is 5.51. The molecule has 0 saturated carbocycles. The second kappa shape index (κ2) is 9.46. The van der Waals surface area contributed by atoms with E-state index in [0.29, 0.717) is 29.6 Å². The Labute approximate surface area is 153 Å².